The Morgan fingerprint density at radius 2 is 1.94 bits per heavy atom. The van der Waals surface area contributed by atoms with E-state index in [1.54, 1.807) is 0 Å². The van der Waals surface area contributed by atoms with E-state index >= 15 is 0 Å². The van der Waals surface area contributed by atoms with Crippen LogP contribution in [0.4, 0.5) is 0 Å². The summed E-state index contributed by atoms with van der Waals surface area (Å²) in [6.07, 6.45) is 13.6. The Morgan fingerprint density at radius 1 is 1.17 bits per heavy atom. The van der Waals surface area contributed by atoms with Crippen LogP contribution in [0, 0.1) is 0 Å². The first-order chi connectivity index (χ1) is 8.81. The van der Waals surface area contributed by atoms with Crippen LogP contribution >= 0.6 is 0 Å². The standard InChI is InChI=1S/C17H23N/c1-3-8-17-15-9-4-5-13-18(2)14-7-12-16(17)11-6-10-15/h3,5-6,8,10-11,13H,4,7,9,12,14H2,1-2H3/b8-3+,13-5-. The lowest BCUT2D eigenvalue weighted by atomic mass is 9.95. The van der Waals surface area contributed by atoms with Crippen molar-refractivity contribution >= 4 is 6.08 Å². The summed E-state index contributed by atoms with van der Waals surface area (Å²) in [5, 5.41) is 0. The molecule has 0 unspecified atom stereocenters. The van der Waals surface area contributed by atoms with E-state index in [-0.39, 0.29) is 0 Å². The van der Waals surface area contributed by atoms with Crippen LogP contribution in [-0.4, -0.2) is 18.5 Å². The van der Waals surface area contributed by atoms with E-state index in [2.05, 4.69) is 61.5 Å². The topological polar surface area (TPSA) is 3.24 Å². The van der Waals surface area contributed by atoms with Gasteiger partial charge in [0.1, 0.15) is 0 Å². The molecule has 0 N–H and O–H groups in total. The molecule has 0 fully saturated rings. The minimum atomic E-state index is 1.12. The second kappa shape index (κ2) is 6.44. The Balaban J connectivity index is 2.32. The van der Waals surface area contributed by atoms with Gasteiger partial charge in [0, 0.05) is 13.6 Å². The van der Waals surface area contributed by atoms with Crippen molar-refractivity contribution in [1.29, 1.82) is 0 Å². The van der Waals surface area contributed by atoms with Gasteiger partial charge >= 0.3 is 0 Å². The number of nitrogens with zero attached hydrogens (tertiary/aromatic N) is 1. The van der Waals surface area contributed by atoms with Crippen LogP contribution in [0.15, 0.2) is 36.6 Å². The molecule has 1 aromatic carbocycles. The van der Waals surface area contributed by atoms with E-state index < -0.39 is 0 Å². The highest BCUT2D eigenvalue weighted by Crippen LogP contribution is 2.21. The minimum absolute atomic E-state index is 1.12. The van der Waals surface area contributed by atoms with E-state index in [0.29, 0.717) is 0 Å². The molecule has 0 saturated carbocycles. The van der Waals surface area contributed by atoms with Gasteiger partial charge in [0.25, 0.3) is 0 Å². The number of aryl methyl sites for hydroxylation is 2. The molecule has 18 heavy (non-hydrogen) atoms. The van der Waals surface area contributed by atoms with Crippen molar-refractivity contribution in [2.24, 2.45) is 0 Å². The van der Waals surface area contributed by atoms with Crippen molar-refractivity contribution in [2.75, 3.05) is 13.6 Å². The van der Waals surface area contributed by atoms with Gasteiger partial charge in [-0.25, -0.2) is 0 Å². The lowest BCUT2D eigenvalue weighted by Gasteiger charge is -2.14. The second-order valence-electron chi connectivity index (χ2n) is 5.00. The maximum absolute atomic E-state index is 2.29. The van der Waals surface area contributed by atoms with Gasteiger partial charge in [-0.15, -0.1) is 0 Å². The zero-order chi connectivity index (χ0) is 12.8. The van der Waals surface area contributed by atoms with Crippen LogP contribution in [0.5, 0.6) is 0 Å². The van der Waals surface area contributed by atoms with Crippen LogP contribution in [0.25, 0.3) is 6.08 Å². The number of hydrogen-bond donors (Lipinski definition) is 0. The number of allylic oxidation sites excluding steroid dienone is 2. The summed E-state index contributed by atoms with van der Waals surface area (Å²) in [5.74, 6) is 0. The maximum Gasteiger partial charge on any atom is 0.0172 e. The monoisotopic (exact) mass is 241 g/mol. The van der Waals surface area contributed by atoms with Gasteiger partial charge in [-0.1, -0.05) is 36.4 Å². The van der Waals surface area contributed by atoms with Crippen LogP contribution in [-0.2, 0) is 12.8 Å². The third-order valence-corrected chi connectivity index (χ3v) is 3.52. The second-order valence-corrected chi connectivity index (χ2v) is 5.00. The van der Waals surface area contributed by atoms with Crippen LogP contribution in [0.2, 0.25) is 0 Å². The first-order valence-electron chi connectivity index (χ1n) is 6.91. The number of hydrogen-bond acceptors (Lipinski definition) is 1. The Hall–Kier alpha value is -1.50. The predicted molar refractivity (Wildman–Crippen MR) is 79.6 cm³/mol. The number of benzene rings is 1. The summed E-state index contributed by atoms with van der Waals surface area (Å²) < 4.78 is 0. The summed E-state index contributed by atoms with van der Waals surface area (Å²) in [7, 11) is 2.16. The Morgan fingerprint density at radius 3 is 2.72 bits per heavy atom. The predicted octanol–water partition coefficient (Wildman–Crippen LogP) is 4.04. The van der Waals surface area contributed by atoms with Gasteiger partial charge in [-0.05, 0) is 55.5 Å². The van der Waals surface area contributed by atoms with Gasteiger partial charge in [0.15, 0.2) is 0 Å². The molecule has 1 aliphatic rings. The first kappa shape index (κ1) is 12.9. The zero-order valence-electron chi connectivity index (χ0n) is 11.5. The minimum Gasteiger partial charge on any atom is -0.381 e. The third kappa shape index (κ3) is 3.25. The molecule has 2 bridgehead atoms. The van der Waals surface area contributed by atoms with Crippen molar-refractivity contribution in [1.82, 2.24) is 4.90 Å². The van der Waals surface area contributed by atoms with Crippen LogP contribution in [0.1, 0.15) is 36.5 Å². The quantitative estimate of drug-likeness (QED) is 0.717. The summed E-state index contributed by atoms with van der Waals surface area (Å²) >= 11 is 0. The molecular weight excluding hydrogens is 218 g/mol. The molecule has 0 aromatic heterocycles. The van der Waals surface area contributed by atoms with E-state index in [9.17, 15) is 0 Å². The summed E-state index contributed by atoms with van der Waals surface area (Å²) in [6, 6.07) is 6.77. The fourth-order valence-electron chi connectivity index (χ4n) is 2.57. The van der Waals surface area contributed by atoms with Crippen molar-refractivity contribution < 1.29 is 0 Å². The molecule has 0 spiro atoms. The molecule has 1 aliphatic heterocycles. The maximum atomic E-state index is 2.29. The molecule has 0 atom stereocenters. The zero-order valence-corrected chi connectivity index (χ0v) is 11.5. The summed E-state index contributed by atoms with van der Waals surface area (Å²) in [4.78, 5) is 2.29. The largest absolute Gasteiger partial charge is 0.381 e. The number of fused-ring (bicyclic) bond motifs is 2. The first-order valence-corrected chi connectivity index (χ1v) is 6.91. The lowest BCUT2D eigenvalue weighted by molar-refractivity contribution is 0.443. The number of rotatable bonds is 1. The molecule has 2 rings (SSSR count). The third-order valence-electron chi connectivity index (χ3n) is 3.52. The molecule has 0 aliphatic carbocycles. The molecular formula is C17H23N. The van der Waals surface area contributed by atoms with Gasteiger partial charge in [-0.3, -0.25) is 0 Å². The summed E-state index contributed by atoms with van der Waals surface area (Å²) in [5.41, 5.74) is 4.44. The normalized spacial score (nSPS) is 18.7. The smallest absolute Gasteiger partial charge is 0.0172 e. The van der Waals surface area contributed by atoms with E-state index in [1.807, 2.05) is 0 Å². The Labute approximate surface area is 111 Å². The van der Waals surface area contributed by atoms with Crippen molar-refractivity contribution in [2.45, 2.75) is 32.6 Å². The van der Waals surface area contributed by atoms with E-state index in [0.717, 1.165) is 19.4 Å². The fourth-order valence-corrected chi connectivity index (χ4v) is 2.57. The fraction of sp³-hybridized carbons (Fsp3) is 0.412. The van der Waals surface area contributed by atoms with Gasteiger partial charge < -0.3 is 4.90 Å². The van der Waals surface area contributed by atoms with Gasteiger partial charge in [0.05, 0.1) is 0 Å². The van der Waals surface area contributed by atoms with Gasteiger partial charge in [-0.2, -0.15) is 0 Å². The SMILES string of the molecule is C/C=C/c1c2cccc1CCCN(C)/C=C\CC2. The highest BCUT2D eigenvalue weighted by molar-refractivity contribution is 5.58. The molecule has 1 heterocycles. The molecule has 1 aromatic rings. The van der Waals surface area contributed by atoms with E-state index in [1.165, 1.54) is 29.5 Å². The molecule has 0 radical (unpaired) electrons. The summed E-state index contributed by atoms with van der Waals surface area (Å²) in [6.45, 7) is 3.24. The molecule has 0 amide bonds. The molecule has 0 saturated heterocycles. The highest BCUT2D eigenvalue weighted by atomic mass is 15.1. The van der Waals surface area contributed by atoms with Crippen molar-refractivity contribution in [3.63, 3.8) is 0 Å². The average Bonchev–Trinajstić information content (AvgIpc) is 2.38. The highest BCUT2D eigenvalue weighted by Gasteiger charge is 2.06. The Bertz CT molecular complexity index is 443. The van der Waals surface area contributed by atoms with E-state index in [4.69, 9.17) is 0 Å². The van der Waals surface area contributed by atoms with Gasteiger partial charge in [0.2, 0.25) is 0 Å². The van der Waals surface area contributed by atoms with Crippen molar-refractivity contribution in [3.8, 4) is 0 Å². The van der Waals surface area contributed by atoms with Crippen LogP contribution < -0.4 is 0 Å². The Kier molecular flexibility index (Phi) is 4.63. The van der Waals surface area contributed by atoms with Crippen LogP contribution in [0.3, 0.4) is 0 Å². The molecule has 1 heteroatoms. The lowest BCUT2D eigenvalue weighted by Crippen LogP contribution is -2.12. The average molecular weight is 241 g/mol. The molecule has 96 valence electrons. The van der Waals surface area contributed by atoms with Crippen molar-refractivity contribution in [3.05, 3.63) is 53.2 Å². The molecule has 1 nitrogen and oxygen atoms in total.